The molecule has 8 heteroatoms. The normalized spacial score (nSPS) is 10.5. The van der Waals surface area contributed by atoms with E-state index in [0.29, 0.717) is 5.82 Å². The summed E-state index contributed by atoms with van der Waals surface area (Å²) in [7, 11) is 0. The number of nitrogens with zero attached hydrogens (tertiary/aromatic N) is 4. The molecular formula is C7H7N5S3. The summed E-state index contributed by atoms with van der Waals surface area (Å²) in [6, 6.07) is 0. The van der Waals surface area contributed by atoms with Gasteiger partial charge in [0.05, 0.1) is 12.4 Å². The van der Waals surface area contributed by atoms with Gasteiger partial charge in [0.2, 0.25) is 0 Å². The van der Waals surface area contributed by atoms with Crippen LogP contribution >= 0.6 is 34.9 Å². The Morgan fingerprint density at radius 1 is 1.27 bits per heavy atom. The highest BCUT2D eigenvalue weighted by atomic mass is 32.2. The van der Waals surface area contributed by atoms with Crippen LogP contribution in [-0.2, 0) is 0 Å². The standard InChI is InChI=1S/C7H7N5S3/c1-13-6-11-12-7(15-6)14-5-3-9-2-4(8)10-5/h2-3H,1H3,(H2,8,10). The van der Waals surface area contributed by atoms with Gasteiger partial charge in [-0.25, -0.2) is 4.98 Å². The molecule has 0 fully saturated rings. The Morgan fingerprint density at radius 3 is 2.73 bits per heavy atom. The van der Waals surface area contributed by atoms with Crippen molar-refractivity contribution in [1.82, 2.24) is 20.2 Å². The monoisotopic (exact) mass is 257 g/mol. The minimum atomic E-state index is 0.412. The number of rotatable bonds is 3. The lowest BCUT2D eigenvalue weighted by Gasteiger charge is -1.95. The van der Waals surface area contributed by atoms with Gasteiger partial charge in [-0.15, -0.1) is 10.2 Å². The second kappa shape index (κ2) is 4.77. The number of thioether (sulfide) groups is 1. The van der Waals surface area contributed by atoms with Crippen molar-refractivity contribution in [3.63, 3.8) is 0 Å². The van der Waals surface area contributed by atoms with Crippen molar-refractivity contribution in [2.45, 2.75) is 13.7 Å². The van der Waals surface area contributed by atoms with Crippen molar-refractivity contribution >= 4 is 40.7 Å². The zero-order chi connectivity index (χ0) is 10.7. The predicted molar refractivity (Wildman–Crippen MR) is 62.3 cm³/mol. The van der Waals surface area contributed by atoms with E-state index in [4.69, 9.17) is 5.73 Å². The van der Waals surface area contributed by atoms with Crippen LogP contribution in [0, 0.1) is 0 Å². The maximum atomic E-state index is 5.52. The third kappa shape index (κ3) is 2.80. The molecule has 0 amide bonds. The van der Waals surface area contributed by atoms with Crippen molar-refractivity contribution in [2.75, 3.05) is 12.0 Å². The van der Waals surface area contributed by atoms with Gasteiger partial charge in [0, 0.05) is 0 Å². The molecular weight excluding hydrogens is 250 g/mol. The maximum Gasteiger partial charge on any atom is 0.181 e. The van der Waals surface area contributed by atoms with Crippen molar-refractivity contribution in [2.24, 2.45) is 0 Å². The number of hydrogen-bond donors (Lipinski definition) is 1. The zero-order valence-electron chi connectivity index (χ0n) is 7.75. The van der Waals surface area contributed by atoms with E-state index in [2.05, 4.69) is 20.2 Å². The van der Waals surface area contributed by atoms with Gasteiger partial charge in [0.15, 0.2) is 8.68 Å². The van der Waals surface area contributed by atoms with Gasteiger partial charge in [-0.2, -0.15) is 0 Å². The molecule has 0 saturated heterocycles. The van der Waals surface area contributed by atoms with Gasteiger partial charge >= 0.3 is 0 Å². The van der Waals surface area contributed by atoms with Crippen LogP contribution in [-0.4, -0.2) is 26.4 Å². The Balaban J connectivity index is 2.14. The van der Waals surface area contributed by atoms with Gasteiger partial charge in [0.1, 0.15) is 10.8 Å². The molecule has 0 aromatic carbocycles. The topological polar surface area (TPSA) is 77.6 Å². The average Bonchev–Trinajstić information content (AvgIpc) is 2.65. The van der Waals surface area contributed by atoms with Gasteiger partial charge in [0.25, 0.3) is 0 Å². The van der Waals surface area contributed by atoms with Gasteiger partial charge in [-0.1, -0.05) is 23.1 Å². The van der Waals surface area contributed by atoms with Crippen molar-refractivity contribution < 1.29 is 0 Å². The molecule has 78 valence electrons. The molecule has 0 saturated carbocycles. The Morgan fingerprint density at radius 2 is 2.07 bits per heavy atom. The number of hydrogen-bond acceptors (Lipinski definition) is 8. The molecule has 0 radical (unpaired) electrons. The average molecular weight is 257 g/mol. The molecule has 2 N–H and O–H groups in total. The molecule has 0 aliphatic rings. The highest BCUT2D eigenvalue weighted by Crippen LogP contribution is 2.31. The Hall–Kier alpha value is -0.860. The molecule has 2 heterocycles. The van der Waals surface area contributed by atoms with E-state index in [1.165, 1.54) is 29.3 Å². The lowest BCUT2D eigenvalue weighted by Crippen LogP contribution is -1.91. The van der Waals surface area contributed by atoms with Gasteiger partial charge in [-0.05, 0) is 18.0 Å². The molecule has 0 bridgehead atoms. The third-order valence-electron chi connectivity index (χ3n) is 1.39. The first-order valence-electron chi connectivity index (χ1n) is 3.91. The van der Waals surface area contributed by atoms with E-state index in [1.807, 2.05) is 6.26 Å². The zero-order valence-corrected chi connectivity index (χ0v) is 10.2. The molecule has 0 atom stereocenters. The van der Waals surface area contributed by atoms with Crippen LogP contribution in [0.2, 0.25) is 0 Å². The largest absolute Gasteiger partial charge is 0.382 e. The van der Waals surface area contributed by atoms with Gasteiger partial charge < -0.3 is 5.73 Å². The number of aromatic nitrogens is 4. The fourth-order valence-corrected chi connectivity index (χ4v) is 3.17. The van der Waals surface area contributed by atoms with Crippen LogP contribution in [0.1, 0.15) is 0 Å². The van der Waals surface area contributed by atoms with E-state index in [1.54, 1.807) is 18.0 Å². The first-order chi connectivity index (χ1) is 7.28. The Kier molecular flexibility index (Phi) is 3.39. The summed E-state index contributed by atoms with van der Waals surface area (Å²) in [4.78, 5) is 8.06. The van der Waals surface area contributed by atoms with E-state index in [-0.39, 0.29) is 0 Å². The fraction of sp³-hybridized carbons (Fsp3) is 0.143. The lowest BCUT2D eigenvalue weighted by atomic mass is 10.7. The minimum absolute atomic E-state index is 0.412. The first-order valence-corrected chi connectivity index (χ1v) is 6.76. The van der Waals surface area contributed by atoms with Crippen LogP contribution in [0.25, 0.3) is 0 Å². The fourth-order valence-electron chi connectivity index (χ4n) is 0.822. The van der Waals surface area contributed by atoms with Crippen LogP contribution in [0.3, 0.4) is 0 Å². The summed E-state index contributed by atoms with van der Waals surface area (Å²) in [5, 5.41) is 8.73. The Labute approximate surface area is 98.9 Å². The van der Waals surface area contributed by atoms with E-state index < -0.39 is 0 Å². The molecule has 0 aliphatic carbocycles. The van der Waals surface area contributed by atoms with Crippen LogP contribution in [0.15, 0.2) is 26.1 Å². The molecule has 15 heavy (non-hydrogen) atoms. The summed E-state index contributed by atoms with van der Waals surface area (Å²) < 4.78 is 1.79. The first kappa shape index (κ1) is 10.7. The smallest absolute Gasteiger partial charge is 0.181 e. The minimum Gasteiger partial charge on any atom is -0.382 e. The summed E-state index contributed by atoms with van der Waals surface area (Å²) in [6.07, 6.45) is 5.13. The second-order valence-electron chi connectivity index (χ2n) is 2.42. The molecule has 2 rings (SSSR count). The summed E-state index contributed by atoms with van der Waals surface area (Å²) >= 11 is 4.52. The summed E-state index contributed by atoms with van der Waals surface area (Å²) in [6.45, 7) is 0. The Bertz CT molecular complexity index is 457. The number of nitrogen functional groups attached to an aromatic ring is 1. The summed E-state index contributed by atoms with van der Waals surface area (Å²) in [5.41, 5.74) is 5.52. The molecule has 0 aliphatic heterocycles. The van der Waals surface area contributed by atoms with Crippen LogP contribution in [0.5, 0.6) is 0 Å². The van der Waals surface area contributed by atoms with Crippen molar-refractivity contribution in [3.8, 4) is 0 Å². The SMILES string of the molecule is CSc1nnc(Sc2cncc(N)n2)s1. The molecule has 2 aromatic heterocycles. The van der Waals surface area contributed by atoms with Crippen LogP contribution in [0.4, 0.5) is 5.82 Å². The lowest BCUT2D eigenvalue weighted by molar-refractivity contribution is 0.952. The molecule has 0 unspecified atom stereocenters. The van der Waals surface area contributed by atoms with Crippen LogP contribution < -0.4 is 5.73 Å². The number of nitrogens with two attached hydrogens (primary N) is 1. The van der Waals surface area contributed by atoms with Crippen molar-refractivity contribution in [1.29, 1.82) is 0 Å². The molecule has 0 spiro atoms. The summed E-state index contributed by atoms with van der Waals surface area (Å²) in [5.74, 6) is 0.412. The third-order valence-corrected chi connectivity index (χ3v) is 4.24. The maximum absolute atomic E-state index is 5.52. The highest BCUT2D eigenvalue weighted by molar-refractivity contribution is 8.02. The van der Waals surface area contributed by atoms with Crippen molar-refractivity contribution in [3.05, 3.63) is 12.4 Å². The molecule has 2 aromatic rings. The van der Waals surface area contributed by atoms with E-state index >= 15 is 0 Å². The quantitative estimate of drug-likeness (QED) is 0.840. The highest BCUT2D eigenvalue weighted by Gasteiger charge is 2.06. The predicted octanol–water partition coefficient (Wildman–Crippen LogP) is 1.78. The molecule has 5 nitrogen and oxygen atoms in total. The van der Waals surface area contributed by atoms with E-state index in [0.717, 1.165) is 13.7 Å². The number of anilines is 1. The second-order valence-corrected chi connectivity index (χ2v) is 5.72. The van der Waals surface area contributed by atoms with E-state index in [9.17, 15) is 0 Å². The van der Waals surface area contributed by atoms with Gasteiger partial charge in [-0.3, -0.25) is 4.98 Å².